The summed E-state index contributed by atoms with van der Waals surface area (Å²) in [6.45, 7) is 5.57. The zero-order valence-electron chi connectivity index (χ0n) is 13.8. The Morgan fingerprint density at radius 2 is 2.00 bits per heavy atom. The standard InChI is InChI=1S/C16H24N2O4S/c1-4-17-23(20,21)15-11-13(5-6-14(15)22-3)16(19)18-9-7-12(2)8-10-18/h5-6,11-12,17H,4,7-10H2,1-3H3. The lowest BCUT2D eigenvalue weighted by atomic mass is 9.98. The predicted molar refractivity (Wildman–Crippen MR) is 88.2 cm³/mol. The Hall–Kier alpha value is -1.60. The fourth-order valence-corrected chi connectivity index (χ4v) is 3.92. The molecule has 1 N–H and O–H groups in total. The van der Waals surface area contributed by atoms with E-state index in [1.54, 1.807) is 17.9 Å². The Kier molecular flexibility index (Phi) is 5.64. The second-order valence-electron chi connectivity index (χ2n) is 5.84. The molecular formula is C16H24N2O4S. The SMILES string of the molecule is CCNS(=O)(=O)c1cc(C(=O)N2CCC(C)CC2)ccc1OC. The smallest absolute Gasteiger partial charge is 0.253 e. The number of nitrogens with zero attached hydrogens (tertiary/aromatic N) is 1. The summed E-state index contributed by atoms with van der Waals surface area (Å²) in [4.78, 5) is 14.4. The molecule has 1 saturated heterocycles. The molecule has 0 atom stereocenters. The summed E-state index contributed by atoms with van der Waals surface area (Å²) in [6, 6.07) is 4.55. The highest BCUT2D eigenvalue weighted by atomic mass is 32.2. The second-order valence-corrected chi connectivity index (χ2v) is 7.58. The number of likely N-dealkylation sites (tertiary alicyclic amines) is 1. The van der Waals surface area contributed by atoms with Crippen molar-refractivity contribution in [3.8, 4) is 5.75 Å². The van der Waals surface area contributed by atoms with Crippen molar-refractivity contribution in [2.24, 2.45) is 5.92 Å². The maximum absolute atomic E-state index is 12.6. The zero-order valence-corrected chi connectivity index (χ0v) is 14.6. The third-order valence-electron chi connectivity index (χ3n) is 4.11. The summed E-state index contributed by atoms with van der Waals surface area (Å²) in [5.41, 5.74) is 0.372. The molecule has 1 aliphatic rings. The molecule has 0 aromatic heterocycles. The van der Waals surface area contributed by atoms with E-state index in [0.717, 1.165) is 12.8 Å². The number of methoxy groups -OCH3 is 1. The van der Waals surface area contributed by atoms with E-state index in [4.69, 9.17) is 4.74 Å². The molecule has 1 fully saturated rings. The number of carbonyl (C=O) groups is 1. The Bertz CT molecular complexity index is 665. The van der Waals surface area contributed by atoms with Crippen molar-refractivity contribution >= 4 is 15.9 Å². The summed E-state index contributed by atoms with van der Waals surface area (Å²) >= 11 is 0. The minimum Gasteiger partial charge on any atom is -0.495 e. The van der Waals surface area contributed by atoms with E-state index in [2.05, 4.69) is 11.6 Å². The number of ether oxygens (including phenoxy) is 1. The van der Waals surface area contributed by atoms with Gasteiger partial charge in [-0.3, -0.25) is 4.79 Å². The molecule has 2 rings (SSSR count). The molecule has 0 aliphatic carbocycles. The minimum absolute atomic E-state index is 0.00178. The minimum atomic E-state index is -3.69. The number of rotatable bonds is 5. The topological polar surface area (TPSA) is 75.7 Å². The van der Waals surface area contributed by atoms with Gasteiger partial charge in [-0.05, 0) is 37.0 Å². The zero-order chi connectivity index (χ0) is 17.0. The van der Waals surface area contributed by atoms with E-state index in [1.165, 1.54) is 19.2 Å². The van der Waals surface area contributed by atoms with Gasteiger partial charge in [0.25, 0.3) is 5.91 Å². The van der Waals surface area contributed by atoms with Gasteiger partial charge in [0.1, 0.15) is 10.6 Å². The Morgan fingerprint density at radius 1 is 1.35 bits per heavy atom. The Morgan fingerprint density at radius 3 is 2.57 bits per heavy atom. The molecule has 1 aromatic carbocycles. The van der Waals surface area contributed by atoms with Crippen molar-refractivity contribution in [2.75, 3.05) is 26.7 Å². The number of carbonyl (C=O) groups excluding carboxylic acids is 1. The molecule has 23 heavy (non-hydrogen) atoms. The van der Waals surface area contributed by atoms with Crippen LogP contribution < -0.4 is 9.46 Å². The molecule has 0 unspecified atom stereocenters. The highest BCUT2D eigenvalue weighted by molar-refractivity contribution is 7.89. The first kappa shape index (κ1) is 17.7. The molecule has 1 aromatic rings. The van der Waals surface area contributed by atoms with Crippen molar-refractivity contribution in [1.82, 2.24) is 9.62 Å². The van der Waals surface area contributed by atoms with Crippen LogP contribution in [0, 0.1) is 5.92 Å². The van der Waals surface area contributed by atoms with E-state index in [9.17, 15) is 13.2 Å². The van der Waals surface area contributed by atoms with Crippen molar-refractivity contribution in [3.63, 3.8) is 0 Å². The summed E-state index contributed by atoms with van der Waals surface area (Å²) in [6.07, 6.45) is 1.95. The highest BCUT2D eigenvalue weighted by Crippen LogP contribution is 2.26. The third kappa shape index (κ3) is 4.03. The molecule has 0 spiro atoms. The molecule has 0 saturated carbocycles. The van der Waals surface area contributed by atoms with Crippen LogP contribution in [0.3, 0.4) is 0 Å². The number of piperidine rings is 1. The van der Waals surface area contributed by atoms with E-state index >= 15 is 0 Å². The van der Waals surface area contributed by atoms with Crippen LogP contribution in [0.1, 0.15) is 37.0 Å². The largest absolute Gasteiger partial charge is 0.495 e. The average Bonchev–Trinajstić information content (AvgIpc) is 2.54. The van der Waals surface area contributed by atoms with Crippen LogP contribution in [0.5, 0.6) is 5.75 Å². The Labute approximate surface area is 137 Å². The normalized spacial score (nSPS) is 16.4. The summed E-state index contributed by atoms with van der Waals surface area (Å²) in [5, 5.41) is 0. The number of amides is 1. The molecule has 1 heterocycles. The molecule has 6 nitrogen and oxygen atoms in total. The maximum Gasteiger partial charge on any atom is 0.253 e. The van der Waals surface area contributed by atoms with Gasteiger partial charge in [0.05, 0.1) is 7.11 Å². The lowest BCUT2D eigenvalue weighted by Crippen LogP contribution is -2.38. The first-order valence-corrected chi connectivity index (χ1v) is 9.34. The van der Waals surface area contributed by atoms with Gasteiger partial charge >= 0.3 is 0 Å². The van der Waals surface area contributed by atoms with Crippen LogP contribution in [0.25, 0.3) is 0 Å². The first-order valence-electron chi connectivity index (χ1n) is 7.86. The van der Waals surface area contributed by atoms with Crippen LogP contribution in [-0.4, -0.2) is 46.0 Å². The van der Waals surface area contributed by atoms with Crippen molar-refractivity contribution in [1.29, 1.82) is 0 Å². The van der Waals surface area contributed by atoms with Crippen LogP contribution in [0.2, 0.25) is 0 Å². The van der Waals surface area contributed by atoms with E-state index in [1.807, 2.05) is 0 Å². The summed E-state index contributed by atoms with van der Waals surface area (Å²) < 4.78 is 32.1. The van der Waals surface area contributed by atoms with Crippen molar-refractivity contribution in [2.45, 2.75) is 31.6 Å². The van der Waals surface area contributed by atoms with E-state index in [-0.39, 0.29) is 23.1 Å². The lowest BCUT2D eigenvalue weighted by molar-refractivity contribution is 0.0697. The third-order valence-corrected chi connectivity index (χ3v) is 5.67. The van der Waals surface area contributed by atoms with Gasteiger partial charge in [0.2, 0.25) is 10.0 Å². The van der Waals surface area contributed by atoms with E-state index < -0.39 is 10.0 Å². The van der Waals surface area contributed by atoms with Gasteiger partial charge < -0.3 is 9.64 Å². The fourth-order valence-electron chi connectivity index (χ4n) is 2.68. The molecule has 0 radical (unpaired) electrons. The molecule has 1 aliphatic heterocycles. The van der Waals surface area contributed by atoms with Crippen LogP contribution in [0.4, 0.5) is 0 Å². The highest BCUT2D eigenvalue weighted by Gasteiger charge is 2.25. The predicted octanol–water partition coefficient (Wildman–Crippen LogP) is 1.87. The summed E-state index contributed by atoms with van der Waals surface area (Å²) in [7, 11) is -2.28. The van der Waals surface area contributed by atoms with Gasteiger partial charge in [0.15, 0.2) is 0 Å². The van der Waals surface area contributed by atoms with Crippen LogP contribution >= 0.6 is 0 Å². The number of hydrogen-bond donors (Lipinski definition) is 1. The molecular weight excluding hydrogens is 316 g/mol. The van der Waals surface area contributed by atoms with Gasteiger partial charge in [-0.1, -0.05) is 13.8 Å². The van der Waals surface area contributed by atoms with Crippen LogP contribution in [0.15, 0.2) is 23.1 Å². The number of benzene rings is 1. The Balaban J connectivity index is 2.32. The second kappa shape index (κ2) is 7.31. The lowest BCUT2D eigenvalue weighted by Gasteiger charge is -2.30. The van der Waals surface area contributed by atoms with Gasteiger partial charge in [-0.25, -0.2) is 13.1 Å². The van der Waals surface area contributed by atoms with Crippen LogP contribution in [-0.2, 0) is 10.0 Å². The van der Waals surface area contributed by atoms with Gasteiger partial charge in [0, 0.05) is 25.2 Å². The fraction of sp³-hybridized carbons (Fsp3) is 0.562. The number of hydrogen-bond acceptors (Lipinski definition) is 4. The molecule has 0 bridgehead atoms. The summed E-state index contributed by atoms with van der Waals surface area (Å²) in [5.74, 6) is 0.724. The first-order chi connectivity index (χ1) is 10.9. The number of sulfonamides is 1. The number of nitrogens with one attached hydrogen (secondary N) is 1. The monoisotopic (exact) mass is 340 g/mol. The van der Waals surface area contributed by atoms with Crippen molar-refractivity contribution < 1.29 is 17.9 Å². The quantitative estimate of drug-likeness (QED) is 0.888. The van der Waals surface area contributed by atoms with E-state index in [0.29, 0.717) is 24.6 Å². The molecule has 7 heteroatoms. The average molecular weight is 340 g/mol. The van der Waals surface area contributed by atoms with Gasteiger partial charge in [-0.2, -0.15) is 0 Å². The molecule has 1 amide bonds. The maximum atomic E-state index is 12.6. The molecule has 128 valence electrons. The van der Waals surface area contributed by atoms with Crippen molar-refractivity contribution in [3.05, 3.63) is 23.8 Å². The van der Waals surface area contributed by atoms with Gasteiger partial charge in [-0.15, -0.1) is 0 Å².